The number of fused-ring (bicyclic) bond motifs is 1. The molecule has 5 atom stereocenters. The average Bonchev–Trinajstić information content (AvgIpc) is 3.13. The molecule has 1 aromatic carbocycles. The van der Waals surface area contributed by atoms with Gasteiger partial charge in [-0.25, -0.2) is 4.79 Å². The molecule has 36 heavy (non-hydrogen) atoms. The summed E-state index contributed by atoms with van der Waals surface area (Å²) < 4.78 is 33.9. The molecule has 13 heteroatoms. The van der Waals surface area contributed by atoms with E-state index in [9.17, 15) is 24.0 Å². The van der Waals surface area contributed by atoms with Crippen molar-refractivity contribution in [2.24, 2.45) is 0 Å². The van der Waals surface area contributed by atoms with Gasteiger partial charge in [-0.15, -0.1) is 0 Å². The predicted octanol–water partition coefficient (Wildman–Crippen LogP) is 1.51. The van der Waals surface area contributed by atoms with Crippen molar-refractivity contribution in [2.45, 2.75) is 72.2 Å². The summed E-state index contributed by atoms with van der Waals surface area (Å²) in [6.45, 7) is 7.91. The fourth-order valence-electron chi connectivity index (χ4n) is 3.87. The summed E-state index contributed by atoms with van der Waals surface area (Å²) in [4.78, 5) is 58.7. The van der Waals surface area contributed by atoms with E-state index in [-0.39, 0.29) is 6.61 Å². The van der Waals surface area contributed by atoms with Crippen LogP contribution in [0.15, 0.2) is 15.3 Å². The molecule has 2 aromatic rings. The third kappa shape index (κ3) is 6.21. The molecule has 3 rings (SSSR count). The van der Waals surface area contributed by atoms with E-state index < -0.39 is 59.4 Å². The largest absolute Gasteiger partial charge is 0.463 e. The number of carbonyl (C=O) groups is 4. The number of carbonyl (C=O) groups excluding carboxylic acids is 4. The van der Waals surface area contributed by atoms with Crippen LogP contribution in [0.1, 0.15) is 38.8 Å². The van der Waals surface area contributed by atoms with E-state index in [1.807, 2.05) is 0 Å². The van der Waals surface area contributed by atoms with Crippen LogP contribution in [0.25, 0.3) is 10.3 Å². The van der Waals surface area contributed by atoms with Gasteiger partial charge in [0.15, 0.2) is 17.8 Å². The van der Waals surface area contributed by atoms with Crippen LogP contribution >= 0.6 is 11.3 Å². The second-order valence-corrected chi connectivity index (χ2v) is 9.22. The van der Waals surface area contributed by atoms with E-state index in [0.717, 1.165) is 25.2 Å². The maximum Gasteiger partial charge on any atom is 0.396 e. The van der Waals surface area contributed by atoms with Crippen LogP contribution in [-0.4, -0.2) is 61.1 Å². The lowest BCUT2D eigenvalue weighted by atomic mass is 9.96. The van der Waals surface area contributed by atoms with E-state index in [2.05, 4.69) is 5.32 Å². The zero-order chi connectivity index (χ0) is 26.7. The Balaban J connectivity index is 2.07. The zero-order valence-corrected chi connectivity index (χ0v) is 21.4. The minimum atomic E-state index is -1.27. The van der Waals surface area contributed by atoms with Crippen LogP contribution in [-0.2, 0) is 38.1 Å². The number of hydrogen-bond acceptors (Lipinski definition) is 12. The van der Waals surface area contributed by atoms with Gasteiger partial charge in [0.05, 0.1) is 4.70 Å². The fraction of sp³-hybridized carbons (Fsp3) is 0.522. The second kappa shape index (κ2) is 11.1. The summed E-state index contributed by atoms with van der Waals surface area (Å²) >= 11 is 0.894. The van der Waals surface area contributed by atoms with Crippen molar-refractivity contribution in [1.82, 2.24) is 5.32 Å². The molecule has 1 aromatic heterocycles. The van der Waals surface area contributed by atoms with Gasteiger partial charge in [0, 0.05) is 33.8 Å². The van der Waals surface area contributed by atoms with Crippen LogP contribution in [0.2, 0.25) is 0 Å². The first-order valence-corrected chi connectivity index (χ1v) is 11.8. The molecular formula is C23H27NO11S. The highest BCUT2D eigenvalue weighted by Crippen LogP contribution is 2.35. The van der Waals surface area contributed by atoms with Crippen LogP contribution in [0, 0.1) is 13.8 Å². The van der Waals surface area contributed by atoms with Crippen LogP contribution in [0.3, 0.4) is 0 Å². The Morgan fingerprint density at radius 1 is 0.972 bits per heavy atom. The van der Waals surface area contributed by atoms with Gasteiger partial charge in [0.1, 0.15) is 24.5 Å². The third-order valence-electron chi connectivity index (χ3n) is 5.45. The molecule has 1 aliphatic rings. The molecule has 0 saturated carbocycles. The highest BCUT2D eigenvalue weighted by molar-refractivity contribution is 7.16. The first kappa shape index (κ1) is 27.1. The van der Waals surface area contributed by atoms with Crippen molar-refractivity contribution in [3.8, 4) is 5.75 Å². The molecule has 0 spiro atoms. The molecule has 0 bridgehead atoms. The summed E-state index contributed by atoms with van der Waals surface area (Å²) in [5.74, 6) is -2.21. The Kier molecular flexibility index (Phi) is 8.35. The quantitative estimate of drug-likeness (QED) is 0.413. The Morgan fingerprint density at radius 2 is 1.61 bits per heavy atom. The van der Waals surface area contributed by atoms with E-state index in [4.69, 9.17) is 28.1 Å². The highest BCUT2D eigenvalue weighted by atomic mass is 32.1. The Hall–Kier alpha value is -3.45. The van der Waals surface area contributed by atoms with Crippen molar-refractivity contribution >= 4 is 45.4 Å². The Bertz CT molecular complexity index is 1230. The van der Waals surface area contributed by atoms with Gasteiger partial charge < -0.3 is 33.4 Å². The first-order valence-electron chi connectivity index (χ1n) is 11.0. The molecular weight excluding hydrogens is 498 g/mol. The summed E-state index contributed by atoms with van der Waals surface area (Å²) in [6, 6.07) is 0.476. The lowest BCUT2D eigenvalue weighted by Gasteiger charge is -2.44. The SMILES string of the molecule is CC(=O)N[C@@H]1[C@H](Oc2cc3sc(=O)oc3c(C)c2C)O[C@H](COC(C)=O)[C@@H](OC(C)=O)[C@H]1OC(C)=O. The molecule has 0 unspecified atom stereocenters. The summed E-state index contributed by atoms with van der Waals surface area (Å²) in [5.41, 5.74) is 1.73. The van der Waals surface area contributed by atoms with Crippen molar-refractivity contribution in [3.63, 3.8) is 0 Å². The number of esters is 3. The minimum Gasteiger partial charge on any atom is -0.463 e. The van der Waals surface area contributed by atoms with Gasteiger partial charge in [-0.3, -0.25) is 19.2 Å². The molecule has 196 valence electrons. The maximum absolute atomic E-state index is 12.1. The van der Waals surface area contributed by atoms with Gasteiger partial charge in [-0.2, -0.15) is 0 Å². The van der Waals surface area contributed by atoms with E-state index in [1.54, 1.807) is 19.9 Å². The van der Waals surface area contributed by atoms with Crippen LogP contribution in [0.4, 0.5) is 0 Å². The number of benzene rings is 1. The summed E-state index contributed by atoms with van der Waals surface area (Å²) in [7, 11) is 0. The lowest BCUT2D eigenvalue weighted by molar-refractivity contribution is -0.257. The van der Waals surface area contributed by atoms with Gasteiger partial charge >= 0.3 is 22.8 Å². The summed E-state index contributed by atoms with van der Waals surface area (Å²) in [5, 5.41) is 2.64. The van der Waals surface area contributed by atoms with E-state index >= 15 is 0 Å². The molecule has 12 nitrogen and oxygen atoms in total. The predicted molar refractivity (Wildman–Crippen MR) is 124 cm³/mol. The number of rotatable bonds is 7. The molecule has 1 amide bonds. The molecule has 1 saturated heterocycles. The second-order valence-electron chi connectivity index (χ2n) is 8.24. The van der Waals surface area contributed by atoms with Gasteiger partial charge in [0.2, 0.25) is 12.2 Å². The standard InChI is InChI=1S/C23H27NO11S/c1-9-10(2)19-17(36-23(29)35-19)7-15(9)33-22-18(24-11(3)25)21(32-14(6)28)20(31-13(5)27)16(34-22)8-30-12(4)26/h7,16,18,20-22H,8H2,1-6H3,(H,24,25)/t16-,18+,20-,21+,22-/m1/s1. The first-order chi connectivity index (χ1) is 16.9. The number of nitrogens with one attached hydrogen (secondary N) is 1. The molecule has 2 heterocycles. The van der Waals surface area contributed by atoms with Crippen molar-refractivity contribution in [2.75, 3.05) is 6.61 Å². The van der Waals surface area contributed by atoms with Crippen molar-refractivity contribution in [1.29, 1.82) is 0 Å². The van der Waals surface area contributed by atoms with Gasteiger partial charge in [-0.05, 0) is 25.0 Å². The summed E-state index contributed by atoms with van der Waals surface area (Å²) in [6.07, 6.45) is -4.85. The number of ether oxygens (including phenoxy) is 5. The number of amides is 1. The normalized spacial score (nSPS) is 23.6. The highest BCUT2D eigenvalue weighted by Gasteiger charge is 2.52. The third-order valence-corrected chi connectivity index (χ3v) is 6.22. The van der Waals surface area contributed by atoms with Gasteiger partial charge in [0.25, 0.3) is 0 Å². The smallest absolute Gasteiger partial charge is 0.396 e. The minimum absolute atomic E-state index is 0.316. The van der Waals surface area contributed by atoms with E-state index in [1.165, 1.54) is 13.8 Å². The zero-order valence-electron chi connectivity index (χ0n) is 20.6. The Morgan fingerprint density at radius 3 is 2.19 bits per heavy atom. The van der Waals surface area contributed by atoms with E-state index in [0.29, 0.717) is 27.2 Å². The Labute approximate surface area is 209 Å². The van der Waals surface area contributed by atoms with Crippen LogP contribution in [0.5, 0.6) is 5.75 Å². The monoisotopic (exact) mass is 525 g/mol. The average molecular weight is 526 g/mol. The molecule has 0 radical (unpaired) electrons. The van der Waals surface area contributed by atoms with Gasteiger partial charge in [-0.1, -0.05) is 11.3 Å². The molecule has 1 fully saturated rings. The van der Waals surface area contributed by atoms with Crippen molar-refractivity contribution in [3.05, 3.63) is 26.9 Å². The maximum atomic E-state index is 12.1. The molecule has 0 aliphatic carbocycles. The number of aryl methyl sites for hydroxylation is 1. The topological polar surface area (TPSA) is 157 Å². The molecule has 1 aliphatic heterocycles. The number of hydrogen-bond donors (Lipinski definition) is 1. The lowest BCUT2D eigenvalue weighted by Crippen LogP contribution is -2.67. The fourth-order valence-corrected chi connectivity index (χ4v) is 4.63. The van der Waals surface area contributed by atoms with Crippen LogP contribution < -0.4 is 15.0 Å². The molecule has 1 N–H and O–H groups in total. The van der Waals surface area contributed by atoms with Crippen molar-refractivity contribution < 1.29 is 47.3 Å².